The Labute approximate surface area is 75.4 Å². The summed E-state index contributed by atoms with van der Waals surface area (Å²) in [5.41, 5.74) is 2.43. The van der Waals surface area contributed by atoms with E-state index in [4.69, 9.17) is 0 Å². The van der Waals surface area contributed by atoms with Crippen molar-refractivity contribution in [3.8, 4) is 0 Å². The fourth-order valence-corrected chi connectivity index (χ4v) is 1.32. The molecule has 0 N–H and O–H groups in total. The molecular formula is C10H9FN2. The minimum Gasteiger partial charge on any atom is -0.246 e. The Morgan fingerprint density at radius 1 is 1.31 bits per heavy atom. The van der Waals surface area contributed by atoms with Crippen LogP contribution < -0.4 is 0 Å². The van der Waals surface area contributed by atoms with E-state index in [0.29, 0.717) is 5.56 Å². The lowest BCUT2D eigenvalue weighted by Gasteiger charge is -2.01. The van der Waals surface area contributed by atoms with Gasteiger partial charge in [-0.3, -0.25) is 0 Å². The summed E-state index contributed by atoms with van der Waals surface area (Å²) in [4.78, 5) is 8.13. The lowest BCUT2D eigenvalue weighted by atomic mass is 10.1. The summed E-state index contributed by atoms with van der Waals surface area (Å²) >= 11 is 0. The summed E-state index contributed by atoms with van der Waals surface area (Å²) in [6.45, 7) is 1.45. The number of benzene rings is 1. The SMILES string of the molecule is Cc1ncnc2ccc(CF)cc12. The second kappa shape index (κ2) is 3.09. The first-order valence-electron chi connectivity index (χ1n) is 4.07. The number of nitrogens with zero attached hydrogens (tertiary/aromatic N) is 2. The molecule has 0 saturated carbocycles. The fourth-order valence-electron chi connectivity index (χ4n) is 1.32. The highest BCUT2D eigenvalue weighted by molar-refractivity contribution is 5.81. The van der Waals surface area contributed by atoms with E-state index in [1.54, 1.807) is 12.1 Å². The van der Waals surface area contributed by atoms with Crippen molar-refractivity contribution < 1.29 is 4.39 Å². The van der Waals surface area contributed by atoms with Gasteiger partial charge in [-0.1, -0.05) is 6.07 Å². The Kier molecular flexibility index (Phi) is 1.93. The molecule has 1 heterocycles. The molecule has 0 atom stereocenters. The Balaban J connectivity index is 2.74. The van der Waals surface area contributed by atoms with Gasteiger partial charge in [0, 0.05) is 11.1 Å². The van der Waals surface area contributed by atoms with E-state index in [0.717, 1.165) is 16.6 Å². The maximum Gasteiger partial charge on any atom is 0.116 e. The molecule has 0 fully saturated rings. The van der Waals surface area contributed by atoms with Crippen LogP contribution in [-0.4, -0.2) is 9.97 Å². The largest absolute Gasteiger partial charge is 0.246 e. The normalized spacial score (nSPS) is 10.6. The maximum absolute atomic E-state index is 12.3. The van der Waals surface area contributed by atoms with E-state index < -0.39 is 6.67 Å². The molecule has 0 bridgehead atoms. The topological polar surface area (TPSA) is 25.8 Å². The molecule has 66 valence electrons. The van der Waals surface area contributed by atoms with Crippen LogP contribution in [-0.2, 0) is 6.67 Å². The summed E-state index contributed by atoms with van der Waals surface area (Å²) in [5.74, 6) is 0. The van der Waals surface area contributed by atoms with E-state index >= 15 is 0 Å². The van der Waals surface area contributed by atoms with E-state index in [1.807, 2.05) is 13.0 Å². The van der Waals surface area contributed by atoms with Crippen LogP contribution in [0.2, 0.25) is 0 Å². The van der Waals surface area contributed by atoms with Crippen molar-refractivity contribution in [1.82, 2.24) is 9.97 Å². The van der Waals surface area contributed by atoms with Crippen LogP contribution in [0.15, 0.2) is 24.5 Å². The van der Waals surface area contributed by atoms with E-state index in [9.17, 15) is 4.39 Å². The molecule has 0 unspecified atom stereocenters. The molecule has 2 aromatic rings. The molecule has 0 aliphatic carbocycles. The summed E-state index contributed by atoms with van der Waals surface area (Å²) in [6, 6.07) is 5.36. The predicted octanol–water partition coefficient (Wildman–Crippen LogP) is 2.41. The third-order valence-corrected chi connectivity index (χ3v) is 2.05. The van der Waals surface area contributed by atoms with Crippen LogP contribution in [0.1, 0.15) is 11.3 Å². The molecular weight excluding hydrogens is 167 g/mol. The third kappa shape index (κ3) is 1.37. The Morgan fingerprint density at radius 3 is 2.92 bits per heavy atom. The second-order valence-corrected chi connectivity index (χ2v) is 2.94. The van der Waals surface area contributed by atoms with Crippen molar-refractivity contribution in [3.05, 3.63) is 35.8 Å². The number of rotatable bonds is 1. The average molecular weight is 176 g/mol. The smallest absolute Gasteiger partial charge is 0.116 e. The number of aryl methyl sites for hydroxylation is 1. The Bertz CT molecular complexity index is 440. The minimum absolute atomic E-state index is 0.440. The van der Waals surface area contributed by atoms with Gasteiger partial charge in [0.05, 0.1) is 5.52 Å². The first-order chi connectivity index (χ1) is 6.31. The number of aromatic nitrogens is 2. The first-order valence-corrected chi connectivity index (χ1v) is 4.07. The van der Waals surface area contributed by atoms with Crippen LogP contribution in [0, 0.1) is 6.92 Å². The molecule has 0 amide bonds. The molecule has 1 aromatic heterocycles. The number of fused-ring (bicyclic) bond motifs is 1. The minimum atomic E-state index is -0.440. The highest BCUT2D eigenvalue weighted by atomic mass is 19.1. The van der Waals surface area contributed by atoms with Crippen LogP contribution >= 0.6 is 0 Å². The highest BCUT2D eigenvalue weighted by Gasteiger charge is 2.00. The highest BCUT2D eigenvalue weighted by Crippen LogP contribution is 2.16. The molecule has 0 saturated heterocycles. The third-order valence-electron chi connectivity index (χ3n) is 2.05. The summed E-state index contributed by atoms with van der Waals surface area (Å²) in [6.07, 6.45) is 1.52. The van der Waals surface area contributed by atoms with E-state index in [1.165, 1.54) is 6.33 Å². The van der Waals surface area contributed by atoms with Gasteiger partial charge in [-0.05, 0) is 24.6 Å². The van der Waals surface area contributed by atoms with Gasteiger partial charge < -0.3 is 0 Å². The van der Waals surface area contributed by atoms with Gasteiger partial charge in [-0.15, -0.1) is 0 Å². The van der Waals surface area contributed by atoms with Gasteiger partial charge in [-0.25, -0.2) is 14.4 Å². The molecule has 2 rings (SSSR count). The Morgan fingerprint density at radius 2 is 2.15 bits per heavy atom. The lowest BCUT2D eigenvalue weighted by molar-refractivity contribution is 0.485. The predicted molar refractivity (Wildman–Crippen MR) is 49.1 cm³/mol. The number of alkyl halides is 1. The standard InChI is InChI=1S/C10H9FN2/c1-7-9-4-8(5-11)2-3-10(9)13-6-12-7/h2-4,6H,5H2,1H3. The molecule has 2 nitrogen and oxygen atoms in total. The molecule has 1 aromatic carbocycles. The van der Waals surface area contributed by atoms with Crippen molar-refractivity contribution in [1.29, 1.82) is 0 Å². The monoisotopic (exact) mass is 176 g/mol. The van der Waals surface area contributed by atoms with E-state index in [-0.39, 0.29) is 0 Å². The number of halogens is 1. The maximum atomic E-state index is 12.3. The first kappa shape index (κ1) is 8.10. The van der Waals surface area contributed by atoms with Crippen molar-refractivity contribution in [2.24, 2.45) is 0 Å². The zero-order valence-corrected chi connectivity index (χ0v) is 7.29. The van der Waals surface area contributed by atoms with Crippen LogP contribution in [0.25, 0.3) is 10.9 Å². The number of hydrogen-bond acceptors (Lipinski definition) is 2. The van der Waals surface area contributed by atoms with Crippen LogP contribution in [0.4, 0.5) is 4.39 Å². The second-order valence-electron chi connectivity index (χ2n) is 2.94. The van der Waals surface area contributed by atoms with Crippen molar-refractivity contribution in [3.63, 3.8) is 0 Å². The van der Waals surface area contributed by atoms with Gasteiger partial charge in [0.2, 0.25) is 0 Å². The average Bonchev–Trinajstić information content (AvgIpc) is 2.18. The van der Waals surface area contributed by atoms with Gasteiger partial charge in [-0.2, -0.15) is 0 Å². The van der Waals surface area contributed by atoms with Crippen molar-refractivity contribution >= 4 is 10.9 Å². The van der Waals surface area contributed by atoms with Gasteiger partial charge >= 0.3 is 0 Å². The summed E-state index contributed by atoms with van der Waals surface area (Å²) in [7, 11) is 0. The zero-order valence-electron chi connectivity index (χ0n) is 7.29. The van der Waals surface area contributed by atoms with Crippen LogP contribution in [0.3, 0.4) is 0 Å². The summed E-state index contributed by atoms with van der Waals surface area (Å²) < 4.78 is 12.3. The molecule has 3 heteroatoms. The molecule has 13 heavy (non-hydrogen) atoms. The molecule has 0 aliphatic rings. The molecule has 0 radical (unpaired) electrons. The van der Waals surface area contributed by atoms with Gasteiger partial charge in [0.15, 0.2) is 0 Å². The summed E-state index contributed by atoms with van der Waals surface area (Å²) in [5, 5.41) is 0.928. The number of hydrogen-bond donors (Lipinski definition) is 0. The Hall–Kier alpha value is -1.51. The van der Waals surface area contributed by atoms with Crippen LogP contribution in [0.5, 0.6) is 0 Å². The van der Waals surface area contributed by atoms with Gasteiger partial charge in [0.1, 0.15) is 13.0 Å². The van der Waals surface area contributed by atoms with Crippen molar-refractivity contribution in [2.75, 3.05) is 0 Å². The molecule has 0 aliphatic heterocycles. The van der Waals surface area contributed by atoms with Gasteiger partial charge in [0.25, 0.3) is 0 Å². The zero-order chi connectivity index (χ0) is 9.26. The molecule has 0 spiro atoms. The fraction of sp³-hybridized carbons (Fsp3) is 0.200. The quantitative estimate of drug-likeness (QED) is 0.666. The van der Waals surface area contributed by atoms with Crippen molar-refractivity contribution in [2.45, 2.75) is 13.6 Å². The lowest BCUT2D eigenvalue weighted by Crippen LogP contribution is -1.88. The van der Waals surface area contributed by atoms with E-state index in [2.05, 4.69) is 9.97 Å².